The largest absolute Gasteiger partial charge is 0.392 e. The van der Waals surface area contributed by atoms with Crippen LogP contribution in [0.2, 0.25) is 0 Å². The highest BCUT2D eigenvalue weighted by Gasteiger charge is 2.36. The van der Waals surface area contributed by atoms with E-state index in [1.807, 2.05) is 0 Å². The highest BCUT2D eigenvalue weighted by atomic mass is 16.3. The van der Waals surface area contributed by atoms with Gasteiger partial charge in [-0.2, -0.15) is 4.57 Å². The van der Waals surface area contributed by atoms with Gasteiger partial charge in [-0.3, -0.25) is 14.2 Å². The van der Waals surface area contributed by atoms with E-state index in [-0.39, 0.29) is 16.7 Å². The van der Waals surface area contributed by atoms with Crippen molar-refractivity contribution in [1.29, 1.82) is 0 Å². The summed E-state index contributed by atoms with van der Waals surface area (Å²) in [6, 6.07) is 6.89. The van der Waals surface area contributed by atoms with E-state index in [4.69, 9.17) is 0 Å². The fourth-order valence-corrected chi connectivity index (χ4v) is 3.01. The van der Waals surface area contributed by atoms with Gasteiger partial charge in [-0.05, 0) is 24.6 Å². The molecular weight excluding hydrogens is 340 g/mol. The maximum absolute atomic E-state index is 12.8. The van der Waals surface area contributed by atoms with Gasteiger partial charge >= 0.3 is 5.69 Å². The van der Waals surface area contributed by atoms with Crippen molar-refractivity contribution in [2.24, 2.45) is 0 Å². The van der Waals surface area contributed by atoms with E-state index in [9.17, 15) is 29.7 Å². The number of hydrogen-bond donors (Lipinski definition) is 3. The fraction of sp³-hybridized carbons (Fsp3) is 0.278. The highest BCUT2D eigenvalue weighted by molar-refractivity contribution is 5.95. The third kappa shape index (κ3) is 2.84. The smallest absolute Gasteiger partial charge is 0.338 e. The summed E-state index contributed by atoms with van der Waals surface area (Å²) in [5.41, 5.74) is -1.22. The van der Waals surface area contributed by atoms with E-state index in [0.717, 1.165) is 4.57 Å². The van der Waals surface area contributed by atoms with Crippen LogP contribution >= 0.6 is 0 Å². The summed E-state index contributed by atoms with van der Waals surface area (Å²) in [6.45, 7) is 0.965. The molecule has 1 aromatic heterocycles. The molecule has 8 nitrogen and oxygen atoms in total. The molecule has 1 heterocycles. The molecule has 0 fully saturated rings. The molecule has 0 saturated heterocycles. The summed E-state index contributed by atoms with van der Waals surface area (Å²) >= 11 is 0. The van der Waals surface area contributed by atoms with Gasteiger partial charge in [0.25, 0.3) is 11.5 Å². The number of carbonyl (C=O) groups excluding carboxylic acids is 1. The molecule has 0 spiro atoms. The first-order valence-corrected chi connectivity index (χ1v) is 7.99. The molecule has 3 atom stereocenters. The van der Waals surface area contributed by atoms with Gasteiger partial charge in [-0.25, -0.2) is 4.79 Å². The minimum Gasteiger partial charge on any atom is -0.392 e. The number of benzene rings is 1. The van der Waals surface area contributed by atoms with Crippen LogP contribution in [0.1, 0.15) is 22.0 Å². The summed E-state index contributed by atoms with van der Waals surface area (Å²) < 4.78 is 1.53. The normalized spacial score (nSPS) is 22.3. The number of aliphatic hydroxyl groups is 3. The quantitative estimate of drug-likeness (QED) is 0.618. The molecule has 0 radical (unpaired) electrons. The van der Waals surface area contributed by atoms with E-state index >= 15 is 0 Å². The van der Waals surface area contributed by atoms with Crippen molar-refractivity contribution in [1.82, 2.24) is 9.13 Å². The second kappa shape index (κ2) is 6.83. The molecule has 1 aliphatic carbocycles. The second-order valence-electron chi connectivity index (χ2n) is 6.14. The average molecular weight is 358 g/mol. The van der Waals surface area contributed by atoms with Crippen LogP contribution in [0.5, 0.6) is 0 Å². The van der Waals surface area contributed by atoms with Crippen LogP contribution in [0.3, 0.4) is 0 Å². The summed E-state index contributed by atoms with van der Waals surface area (Å²) in [5.74, 6) is -0.780. The Kier molecular flexibility index (Phi) is 4.73. The first kappa shape index (κ1) is 18.0. The average Bonchev–Trinajstić information content (AvgIpc) is 2.93. The molecule has 0 unspecified atom stereocenters. The fourth-order valence-electron chi connectivity index (χ4n) is 3.01. The maximum atomic E-state index is 12.8. The Hall–Kier alpha value is -2.81. The van der Waals surface area contributed by atoms with E-state index in [0.29, 0.717) is 4.57 Å². The first-order chi connectivity index (χ1) is 12.4. The Morgan fingerprint density at radius 1 is 1.15 bits per heavy atom. The monoisotopic (exact) mass is 358 g/mol. The van der Waals surface area contributed by atoms with Crippen LogP contribution < -0.4 is 11.2 Å². The number of aromatic nitrogens is 2. The molecular formula is C18H18N2O6. The van der Waals surface area contributed by atoms with Crippen molar-refractivity contribution < 1.29 is 20.1 Å². The molecule has 26 heavy (non-hydrogen) atoms. The zero-order valence-corrected chi connectivity index (χ0v) is 13.9. The summed E-state index contributed by atoms with van der Waals surface area (Å²) in [7, 11) is 0. The minimum atomic E-state index is -1.38. The van der Waals surface area contributed by atoms with E-state index in [1.165, 1.54) is 31.3 Å². The lowest BCUT2D eigenvalue weighted by molar-refractivity contribution is 0.0268. The van der Waals surface area contributed by atoms with E-state index < -0.39 is 42.0 Å². The van der Waals surface area contributed by atoms with Crippen molar-refractivity contribution in [2.75, 3.05) is 6.61 Å². The molecule has 3 N–H and O–H groups in total. The highest BCUT2D eigenvalue weighted by Crippen LogP contribution is 2.28. The molecule has 2 aromatic rings. The maximum Gasteiger partial charge on any atom is 0.338 e. The lowest BCUT2D eigenvalue weighted by atomic mass is 10.1. The Morgan fingerprint density at radius 2 is 1.81 bits per heavy atom. The van der Waals surface area contributed by atoms with Crippen molar-refractivity contribution >= 4 is 5.91 Å². The Balaban J connectivity index is 2.18. The zero-order chi connectivity index (χ0) is 19.0. The third-order valence-electron chi connectivity index (χ3n) is 4.45. The number of aliphatic hydroxyl groups excluding tert-OH is 3. The summed E-state index contributed by atoms with van der Waals surface area (Å²) in [6.07, 6.45) is -0.121. The predicted octanol–water partition coefficient (Wildman–Crippen LogP) is -0.798. The third-order valence-corrected chi connectivity index (χ3v) is 4.45. The van der Waals surface area contributed by atoms with E-state index in [1.54, 1.807) is 18.2 Å². The topological polar surface area (TPSA) is 122 Å². The second-order valence-corrected chi connectivity index (χ2v) is 6.14. The van der Waals surface area contributed by atoms with Gasteiger partial charge in [0.2, 0.25) is 0 Å². The molecule has 0 aliphatic heterocycles. The summed E-state index contributed by atoms with van der Waals surface area (Å²) in [5, 5.41) is 29.4. The van der Waals surface area contributed by atoms with Crippen LogP contribution in [0.15, 0.2) is 57.8 Å². The van der Waals surface area contributed by atoms with Gasteiger partial charge < -0.3 is 15.3 Å². The van der Waals surface area contributed by atoms with Crippen molar-refractivity contribution in [2.45, 2.75) is 25.2 Å². The van der Waals surface area contributed by atoms with Crippen LogP contribution in [-0.2, 0) is 0 Å². The SMILES string of the molecule is Cc1cn([C@@H]2C=C(CO)[C@@H](O)[C@H]2O)c(=O)n(C(=O)c2ccccc2)c1=O. The zero-order valence-electron chi connectivity index (χ0n) is 13.9. The standard InChI is InChI=1S/C18H18N2O6/c1-10-8-19(13-7-12(9-21)14(22)15(13)23)18(26)20(16(10)24)17(25)11-5-3-2-4-6-11/h2-8,13-15,21-23H,9H2,1H3/t13-,14-,15+/m1/s1. The Labute approximate surface area is 147 Å². The van der Waals surface area contributed by atoms with Gasteiger partial charge in [0.1, 0.15) is 12.2 Å². The van der Waals surface area contributed by atoms with Gasteiger partial charge in [-0.15, -0.1) is 0 Å². The molecule has 8 heteroatoms. The minimum absolute atomic E-state index is 0.126. The first-order valence-electron chi connectivity index (χ1n) is 7.99. The Morgan fingerprint density at radius 3 is 2.38 bits per heavy atom. The number of aryl methyl sites for hydroxylation is 1. The van der Waals surface area contributed by atoms with Gasteiger partial charge in [0.05, 0.1) is 12.6 Å². The molecule has 0 bridgehead atoms. The molecule has 0 saturated carbocycles. The van der Waals surface area contributed by atoms with Crippen LogP contribution in [0.25, 0.3) is 0 Å². The molecule has 0 amide bonds. The molecule has 1 aromatic carbocycles. The molecule has 1 aliphatic rings. The predicted molar refractivity (Wildman–Crippen MR) is 92.1 cm³/mol. The number of nitrogens with zero attached hydrogens (tertiary/aromatic N) is 2. The van der Waals surface area contributed by atoms with Crippen molar-refractivity contribution in [3.63, 3.8) is 0 Å². The van der Waals surface area contributed by atoms with Crippen molar-refractivity contribution in [3.05, 3.63) is 80.1 Å². The van der Waals surface area contributed by atoms with Crippen molar-refractivity contribution in [3.8, 4) is 0 Å². The molecule has 3 rings (SSSR count). The number of carbonyl (C=O) groups is 1. The molecule has 136 valence electrons. The Bertz CT molecular complexity index is 989. The van der Waals surface area contributed by atoms with E-state index in [2.05, 4.69) is 0 Å². The van der Waals surface area contributed by atoms with Gasteiger partial charge in [-0.1, -0.05) is 24.3 Å². The van der Waals surface area contributed by atoms with Gasteiger partial charge in [0, 0.05) is 17.3 Å². The number of rotatable bonds is 3. The van der Waals surface area contributed by atoms with Crippen LogP contribution in [0.4, 0.5) is 0 Å². The van der Waals surface area contributed by atoms with Gasteiger partial charge in [0.15, 0.2) is 0 Å². The lowest BCUT2D eigenvalue weighted by Gasteiger charge is -2.20. The lowest BCUT2D eigenvalue weighted by Crippen LogP contribution is -2.47. The van der Waals surface area contributed by atoms with Crippen LogP contribution in [0, 0.1) is 6.92 Å². The van der Waals surface area contributed by atoms with Crippen LogP contribution in [-0.4, -0.2) is 49.2 Å². The number of hydrogen-bond acceptors (Lipinski definition) is 6. The summed E-state index contributed by atoms with van der Waals surface area (Å²) in [4.78, 5) is 37.9.